The largest absolute Gasteiger partial charge is 0.481 e. The van der Waals surface area contributed by atoms with Gasteiger partial charge in [-0.2, -0.15) is 0 Å². The summed E-state index contributed by atoms with van der Waals surface area (Å²) < 4.78 is 0. The number of nitrogens with one attached hydrogen (secondary N) is 1. The van der Waals surface area contributed by atoms with E-state index in [1.807, 2.05) is 24.3 Å². The third-order valence-electron chi connectivity index (χ3n) is 4.40. The first kappa shape index (κ1) is 13.0. The Morgan fingerprint density at radius 3 is 2.55 bits per heavy atom. The predicted octanol–water partition coefficient (Wildman–Crippen LogP) is 1.82. The van der Waals surface area contributed by atoms with Crippen LogP contribution in [0.25, 0.3) is 0 Å². The highest BCUT2D eigenvalue weighted by Crippen LogP contribution is 2.45. The number of carboxylic acid groups (broad SMARTS) is 1. The number of benzene rings is 1. The topological polar surface area (TPSA) is 69.6 Å². The molecule has 0 spiro atoms. The molecule has 106 valence electrons. The SMILES string of the molecule is O=C1CCN(c2ccccc2C2(C(=O)O)CCCC2)N1. The van der Waals surface area contributed by atoms with Crippen LogP contribution >= 0.6 is 0 Å². The Morgan fingerprint density at radius 1 is 1.25 bits per heavy atom. The van der Waals surface area contributed by atoms with Gasteiger partial charge in [0.1, 0.15) is 0 Å². The molecule has 1 aromatic carbocycles. The minimum Gasteiger partial charge on any atom is -0.481 e. The first-order valence-corrected chi connectivity index (χ1v) is 7.03. The molecule has 1 saturated carbocycles. The molecule has 20 heavy (non-hydrogen) atoms. The Labute approximate surface area is 117 Å². The Morgan fingerprint density at radius 2 is 1.95 bits per heavy atom. The second-order valence-corrected chi connectivity index (χ2v) is 5.55. The molecular formula is C15H18N2O3. The highest BCUT2D eigenvalue weighted by molar-refractivity contribution is 5.86. The Bertz CT molecular complexity index is 550. The zero-order valence-corrected chi connectivity index (χ0v) is 11.3. The lowest BCUT2D eigenvalue weighted by atomic mass is 9.78. The smallest absolute Gasteiger partial charge is 0.314 e. The molecule has 1 heterocycles. The summed E-state index contributed by atoms with van der Waals surface area (Å²) in [7, 11) is 0. The summed E-state index contributed by atoms with van der Waals surface area (Å²) in [6, 6.07) is 7.54. The van der Waals surface area contributed by atoms with Crippen LogP contribution in [-0.4, -0.2) is 23.5 Å². The van der Waals surface area contributed by atoms with Crippen molar-refractivity contribution in [1.29, 1.82) is 0 Å². The van der Waals surface area contributed by atoms with Gasteiger partial charge in [0.15, 0.2) is 0 Å². The van der Waals surface area contributed by atoms with E-state index in [-0.39, 0.29) is 5.91 Å². The summed E-state index contributed by atoms with van der Waals surface area (Å²) >= 11 is 0. The Kier molecular flexibility index (Phi) is 3.12. The van der Waals surface area contributed by atoms with E-state index in [2.05, 4.69) is 5.43 Å². The van der Waals surface area contributed by atoms with E-state index >= 15 is 0 Å². The van der Waals surface area contributed by atoms with E-state index in [9.17, 15) is 14.7 Å². The number of carbonyl (C=O) groups is 2. The summed E-state index contributed by atoms with van der Waals surface area (Å²) in [4.78, 5) is 23.3. The van der Waals surface area contributed by atoms with Crippen LogP contribution in [0.1, 0.15) is 37.7 Å². The van der Waals surface area contributed by atoms with E-state index in [4.69, 9.17) is 0 Å². The van der Waals surface area contributed by atoms with Crippen LogP contribution in [0.2, 0.25) is 0 Å². The molecule has 0 atom stereocenters. The lowest BCUT2D eigenvalue weighted by molar-refractivity contribution is -0.143. The third-order valence-corrected chi connectivity index (χ3v) is 4.40. The number of carboxylic acids is 1. The van der Waals surface area contributed by atoms with E-state index in [0.29, 0.717) is 25.8 Å². The fourth-order valence-electron chi connectivity index (χ4n) is 3.35. The number of hydrazine groups is 1. The highest BCUT2D eigenvalue weighted by atomic mass is 16.4. The molecule has 2 fully saturated rings. The molecule has 0 radical (unpaired) electrons. The van der Waals surface area contributed by atoms with Crippen molar-refractivity contribution in [2.45, 2.75) is 37.5 Å². The average molecular weight is 274 g/mol. The van der Waals surface area contributed by atoms with Gasteiger partial charge in [-0.25, -0.2) is 0 Å². The molecular weight excluding hydrogens is 256 g/mol. The number of aliphatic carboxylic acids is 1. The van der Waals surface area contributed by atoms with Crippen molar-refractivity contribution in [1.82, 2.24) is 5.43 Å². The molecule has 2 N–H and O–H groups in total. The van der Waals surface area contributed by atoms with Gasteiger partial charge in [0, 0.05) is 13.0 Å². The first-order valence-electron chi connectivity index (χ1n) is 7.03. The van der Waals surface area contributed by atoms with Crippen molar-refractivity contribution < 1.29 is 14.7 Å². The molecule has 3 rings (SSSR count). The lowest BCUT2D eigenvalue weighted by Gasteiger charge is -2.30. The molecule has 1 saturated heterocycles. The molecule has 1 aliphatic heterocycles. The van der Waals surface area contributed by atoms with Crippen LogP contribution in [0.3, 0.4) is 0 Å². The van der Waals surface area contributed by atoms with Gasteiger partial charge in [-0.3, -0.25) is 20.0 Å². The molecule has 0 unspecified atom stereocenters. The number of carbonyl (C=O) groups excluding carboxylic acids is 1. The fourth-order valence-corrected chi connectivity index (χ4v) is 3.35. The second kappa shape index (κ2) is 4.81. The minimum atomic E-state index is -0.802. The van der Waals surface area contributed by atoms with Crippen molar-refractivity contribution in [3.05, 3.63) is 29.8 Å². The maximum Gasteiger partial charge on any atom is 0.314 e. The highest BCUT2D eigenvalue weighted by Gasteiger charge is 2.45. The van der Waals surface area contributed by atoms with Gasteiger partial charge in [0.25, 0.3) is 0 Å². The third kappa shape index (κ3) is 1.94. The molecule has 1 aliphatic carbocycles. The standard InChI is InChI=1S/C15H18N2O3/c18-13-7-10-17(16-13)12-6-2-1-5-11(12)15(14(19)20)8-3-4-9-15/h1-2,5-6H,3-4,7-10H2,(H,16,18)(H,19,20). The second-order valence-electron chi connectivity index (χ2n) is 5.55. The van der Waals surface area contributed by atoms with Crippen LogP contribution < -0.4 is 10.4 Å². The molecule has 5 nitrogen and oxygen atoms in total. The van der Waals surface area contributed by atoms with Crippen LogP contribution in [0, 0.1) is 0 Å². The van der Waals surface area contributed by atoms with Gasteiger partial charge in [-0.05, 0) is 24.5 Å². The summed E-state index contributed by atoms with van der Waals surface area (Å²) in [5.74, 6) is -0.774. The lowest BCUT2D eigenvalue weighted by Crippen LogP contribution is -2.38. The zero-order valence-electron chi connectivity index (χ0n) is 11.3. The van der Waals surface area contributed by atoms with Gasteiger partial charge < -0.3 is 5.11 Å². The van der Waals surface area contributed by atoms with Crippen LogP contribution in [-0.2, 0) is 15.0 Å². The number of anilines is 1. The van der Waals surface area contributed by atoms with E-state index in [1.165, 1.54) is 0 Å². The number of rotatable bonds is 3. The summed E-state index contributed by atoms with van der Waals surface area (Å²) in [6.45, 7) is 0.589. The van der Waals surface area contributed by atoms with E-state index < -0.39 is 11.4 Å². The average Bonchev–Trinajstić information content (AvgIpc) is 3.08. The Hall–Kier alpha value is -2.04. The van der Waals surface area contributed by atoms with Crippen molar-refractivity contribution >= 4 is 17.6 Å². The summed E-state index contributed by atoms with van der Waals surface area (Å²) in [5.41, 5.74) is 3.64. The molecule has 5 heteroatoms. The predicted molar refractivity (Wildman–Crippen MR) is 74.3 cm³/mol. The quantitative estimate of drug-likeness (QED) is 0.882. The van der Waals surface area contributed by atoms with E-state index in [1.54, 1.807) is 5.01 Å². The summed E-state index contributed by atoms with van der Waals surface area (Å²) in [6.07, 6.45) is 3.66. The number of hydrogen-bond donors (Lipinski definition) is 2. The van der Waals surface area contributed by atoms with Gasteiger partial charge in [0.2, 0.25) is 5.91 Å². The van der Waals surface area contributed by atoms with Gasteiger partial charge in [-0.1, -0.05) is 31.0 Å². The van der Waals surface area contributed by atoms with Gasteiger partial charge >= 0.3 is 5.97 Å². The normalized spacial score (nSPS) is 21.0. The molecule has 1 amide bonds. The Balaban J connectivity index is 2.05. The molecule has 2 aliphatic rings. The minimum absolute atomic E-state index is 0.0180. The first-order chi connectivity index (χ1) is 9.63. The van der Waals surface area contributed by atoms with Crippen LogP contribution in [0.15, 0.2) is 24.3 Å². The monoisotopic (exact) mass is 274 g/mol. The molecule has 0 bridgehead atoms. The van der Waals surface area contributed by atoms with Crippen molar-refractivity contribution in [2.75, 3.05) is 11.6 Å². The van der Waals surface area contributed by atoms with E-state index in [0.717, 1.165) is 24.1 Å². The van der Waals surface area contributed by atoms with Crippen molar-refractivity contribution in [2.24, 2.45) is 0 Å². The van der Waals surface area contributed by atoms with Gasteiger partial charge in [-0.15, -0.1) is 0 Å². The maximum absolute atomic E-state index is 11.8. The number of para-hydroxylation sites is 1. The number of nitrogens with zero attached hydrogens (tertiary/aromatic N) is 1. The van der Waals surface area contributed by atoms with Crippen molar-refractivity contribution in [3.63, 3.8) is 0 Å². The van der Waals surface area contributed by atoms with Crippen molar-refractivity contribution in [3.8, 4) is 0 Å². The van der Waals surface area contributed by atoms with Crippen LogP contribution in [0.4, 0.5) is 5.69 Å². The maximum atomic E-state index is 11.8. The van der Waals surface area contributed by atoms with Gasteiger partial charge in [0.05, 0.1) is 11.1 Å². The molecule has 0 aromatic heterocycles. The molecule has 1 aromatic rings. The zero-order chi connectivity index (χ0) is 14.2. The number of amides is 1. The fraction of sp³-hybridized carbons (Fsp3) is 0.467. The summed E-state index contributed by atoms with van der Waals surface area (Å²) in [5, 5.41) is 11.5. The number of hydrogen-bond acceptors (Lipinski definition) is 3. The van der Waals surface area contributed by atoms with Crippen LogP contribution in [0.5, 0.6) is 0 Å².